The van der Waals surface area contributed by atoms with Crippen LogP contribution in [0.4, 0.5) is 11.5 Å². The fraction of sp³-hybridized carbons (Fsp3) is 0. The number of nitrogens with one attached hydrogen (secondary N) is 1. The molecule has 2 heterocycles. The van der Waals surface area contributed by atoms with Crippen molar-refractivity contribution in [2.75, 3.05) is 5.32 Å². The fourth-order valence-electron chi connectivity index (χ4n) is 1.66. The minimum atomic E-state index is 0.858. The van der Waals surface area contributed by atoms with Gasteiger partial charge in [0.1, 0.15) is 5.82 Å². The van der Waals surface area contributed by atoms with E-state index in [0.29, 0.717) is 0 Å². The molecule has 0 amide bonds. The number of pyridine rings is 1. The standard InChI is InChI=1S/C13H9BrN2S/c14-9-5-6-13(15-7-9)16-11-8-17-12-4-2-1-3-10(11)12/h1-8H,(H,15,16). The molecule has 0 radical (unpaired) electrons. The molecule has 0 fully saturated rings. The van der Waals surface area contributed by atoms with Crippen LogP contribution in [0.2, 0.25) is 0 Å². The van der Waals surface area contributed by atoms with Crippen LogP contribution in [0.3, 0.4) is 0 Å². The largest absolute Gasteiger partial charge is 0.339 e. The van der Waals surface area contributed by atoms with Crippen LogP contribution in [0.1, 0.15) is 0 Å². The van der Waals surface area contributed by atoms with Crippen molar-refractivity contribution in [1.29, 1.82) is 0 Å². The lowest BCUT2D eigenvalue weighted by atomic mass is 10.2. The van der Waals surface area contributed by atoms with Crippen molar-refractivity contribution in [3.05, 3.63) is 52.4 Å². The summed E-state index contributed by atoms with van der Waals surface area (Å²) in [5.74, 6) is 0.858. The lowest BCUT2D eigenvalue weighted by molar-refractivity contribution is 1.30. The SMILES string of the molecule is Brc1ccc(Nc2csc3ccccc23)nc1. The van der Waals surface area contributed by atoms with Crippen molar-refractivity contribution in [1.82, 2.24) is 4.98 Å². The van der Waals surface area contributed by atoms with Crippen LogP contribution in [0, 0.1) is 0 Å². The number of anilines is 2. The van der Waals surface area contributed by atoms with Crippen LogP contribution in [0.25, 0.3) is 10.1 Å². The van der Waals surface area contributed by atoms with Crippen LogP contribution < -0.4 is 5.32 Å². The molecule has 0 aliphatic carbocycles. The molecule has 2 nitrogen and oxygen atoms in total. The maximum atomic E-state index is 4.31. The highest BCUT2D eigenvalue weighted by atomic mass is 79.9. The number of rotatable bonds is 2. The molecule has 0 bridgehead atoms. The smallest absolute Gasteiger partial charge is 0.130 e. The maximum absolute atomic E-state index is 4.31. The number of aromatic nitrogens is 1. The van der Waals surface area contributed by atoms with Gasteiger partial charge in [0.05, 0.1) is 5.69 Å². The van der Waals surface area contributed by atoms with Gasteiger partial charge in [-0.1, -0.05) is 18.2 Å². The number of fused-ring (bicyclic) bond motifs is 1. The molecular formula is C13H9BrN2S. The van der Waals surface area contributed by atoms with Crippen LogP contribution in [0.5, 0.6) is 0 Å². The van der Waals surface area contributed by atoms with E-state index in [-0.39, 0.29) is 0 Å². The fourth-order valence-corrected chi connectivity index (χ4v) is 2.79. The van der Waals surface area contributed by atoms with Gasteiger partial charge in [0, 0.05) is 26.1 Å². The summed E-state index contributed by atoms with van der Waals surface area (Å²) in [7, 11) is 0. The van der Waals surface area contributed by atoms with Crippen molar-refractivity contribution in [2.24, 2.45) is 0 Å². The molecule has 0 aliphatic heterocycles. The summed E-state index contributed by atoms with van der Waals surface area (Å²) < 4.78 is 2.27. The van der Waals surface area contributed by atoms with Gasteiger partial charge < -0.3 is 5.32 Å². The summed E-state index contributed by atoms with van der Waals surface area (Å²) in [6.45, 7) is 0. The van der Waals surface area contributed by atoms with Gasteiger partial charge in [-0.2, -0.15) is 0 Å². The van der Waals surface area contributed by atoms with E-state index < -0.39 is 0 Å². The molecule has 0 spiro atoms. The average Bonchev–Trinajstić information content (AvgIpc) is 2.76. The van der Waals surface area contributed by atoms with E-state index in [0.717, 1.165) is 16.0 Å². The van der Waals surface area contributed by atoms with Crippen LogP contribution >= 0.6 is 27.3 Å². The van der Waals surface area contributed by atoms with Crippen molar-refractivity contribution >= 4 is 48.9 Å². The van der Waals surface area contributed by atoms with Gasteiger partial charge in [-0.15, -0.1) is 11.3 Å². The Balaban J connectivity index is 1.97. The Morgan fingerprint density at radius 1 is 1.12 bits per heavy atom. The van der Waals surface area contributed by atoms with E-state index in [1.54, 1.807) is 17.5 Å². The van der Waals surface area contributed by atoms with Gasteiger partial charge in [0.2, 0.25) is 0 Å². The van der Waals surface area contributed by atoms with Gasteiger partial charge in [-0.3, -0.25) is 0 Å². The topological polar surface area (TPSA) is 24.9 Å². The summed E-state index contributed by atoms with van der Waals surface area (Å²) >= 11 is 5.11. The first-order chi connectivity index (χ1) is 8.33. The summed E-state index contributed by atoms with van der Waals surface area (Å²) in [6.07, 6.45) is 1.79. The lowest BCUT2D eigenvalue weighted by Crippen LogP contribution is -1.91. The molecule has 1 N–H and O–H groups in total. The Morgan fingerprint density at radius 3 is 2.82 bits per heavy atom. The highest BCUT2D eigenvalue weighted by Gasteiger charge is 2.03. The lowest BCUT2D eigenvalue weighted by Gasteiger charge is -2.03. The van der Waals surface area contributed by atoms with Crippen molar-refractivity contribution < 1.29 is 0 Å². The van der Waals surface area contributed by atoms with Crippen LogP contribution in [-0.4, -0.2) is 4.98 Å². The second-order valence-electron chi connectivity index (χ2n) is 3.63. The molecule has 0 saturated carbocycles. The number of hydrogen-bond acceptors (Lipinski definition) is 3. The molecular weight excluding hydrogens is 296 g/mol. The third-order valence-corrected chi connectivity index (χ3v) is 3.90. The zero-order chi connectivity index (χ0) is 11.7. The summed E-state index contributed by atoms with van der Waals surface area (Å²) in [5, 5.41) is 6.69. The van der Waals surface area contributed by atoms with Gasteiger partial charge in [0.15, 0.2) is 0 Å². The quantitative estimate of drug-likeness (QED) is 0.735. The highest BCUT2D eigenvalue weighted by Crippen LogP contribution is 2.31. The molecule has 0 aliphatic rings. The number of benzene rings is 1. The zero-order valence-electron chi connectivity index (χ0n) is 8.85. The Morgan fingerprint density at radius 2 is 2.00 bits per heavy atom. The molecule has 84 valence electrons. The van der Waals surface area contributed by atoms with E-state index in [9.17, 15) is 0 Å². The predicted octanol–water partition coefficient (Wildman–Crippen LogP) is 4.80. The van der Waals surface area contributed by atoms with Crippen molar-refractivity contribution in [2.45, 2.75) is 0 Å². The molecule has 0 unspecified atom stereocenters. The van der Waals surface area contributed by atoms with E-state index >= 15 is 0 Å². The van der Waals surface area contributed by atoms with E-state index in [2.05, 4.69) is 55.9 Å². The molecule has 2 aromatic heterocycles. The van der Waals surface area contributed by atoms with E-state index in [4.69, 9.17) is 0 Å². The third kappa shape index (κ3) is 2.18. The zero-order valence-corrected chi connectivity index (χ0v) is 11.3. The minimum absolute atomic E-state index is 0.858. The Bertz CT molecular complexity index is 646. The molecule has 3 rings (SSSR count). The first kappa shape index (κ1) is 10.7. The Labute approximate surface area is 111 Å². The number of halogens is 1. The van der Waals surface area contributed by atoms with E-state index in [1.807, 2.05) is 12.1 Å². The highest BCUT2D eigenvalue weighted by molar-refractivity contribution is 9.10. The first-order valence-electron chi connectivity index (χ1n) is 5.18. The average molecular weight is 305 g/mol. The van der Waals surface area contributed by atoms with Gasteiger partial charge in [0.25, 0.3) is 0 Å². The summed E-state index contributed by atoms with van der Waals surface area (Å²) in [4.78, 5) is 4.31. The molecule has 1 aromatic carbocycles. The minimum Gasteiger partial charge on any atom is -0.339 e. The summed E-state index contributed by atoms with van der Waals surface area (Å²) in [6, 6.07) is 12.3. The number of thiophene rings is 1. The maximum Gasteiger partial charge on any atom is 0.130 e. The first-order valence-corrected chi connectivity index (χ1v) is 6.85. The number of hydrogen-bond donors (Lipinski definition) is 1. The predicted molar refractivity (Wildman–Crippen MR) is 77.0 cm³/mol. The molecule has 0 saturated heterocycles. The van der Waals surface area contributed by atoms with Crippen LogP contribution in [-0.2, 0) is 0 Å². The molecule has 4 heteroatoms. The van der Waals surface area contributed by atoms with Gasteiger partial charge in [-0.25, -0.2) is 4.98 Å². The Hall–Kier alpha value is -1.39. The van der Waals surface area contributed by atoms with E-state index in [1.165, 1.54) is 10.1 Å². The molecule has 17 heavy (non-hydrogen) atoms. The van der Waals surface area contributed by atoms with Gasteiger partial charge in [-0.05, 0) is 34.1 Å². The summed E-state index contributed by atoms with van der Waals surface area (Å²) in [5.41, 5.74) is 1.11. The second-order valence-corrected chi connectivity index (χ2v) is 5.46. The van der Waals surface area contributed by atoms with Crippen LogP contribution in [0.15, 0.2) is 52.4 Å². The third-order valence-electron chi connectivity index (χ3n) is 2.47. The monoisotopic (exact) mass is 304 g/mol. The van der Waals surface area contributed by atoms with Crippen molar-refractivity contribution in [3.8, 4) is 0 Å². The normalized spacial score (nSPS) is 10.6. The number of nitrogens with zero attached hydrogens (tertiary/aromatic N) is 1. The Kier molecular flexibility index (Phi) is 2.82. The van der Waals surface area contributed by atoms with Crippen molar-refractivity contribution in [3.63, 3.8) is 0 Å². The molecule has 3 aromatic rings. The molecule has 0 atom stereocenters. The van der Waals surface area contributed by atoms with Gasteiger partial charge >= 0.3 is 0 Å². The second kappa shape index (κ2) is 4.47.